The summed E-state index contributed by atoms with van der Waals surface area (Å²) in [5, 5.41) is 0. The number of nitrogens with two attached hydrogens (primary N) is 1. The van der Waals surface area contributed by atoms with E-state index in [-0.39, 0.29) is 23.0 Å². The van der Waals surface area contributed by atoms with Gasteiger partial charge in [-0.3, -0.25) is 4.98 Å². The molecule has 0 aliphatic heterocycles. The zero-order valence-corrected chi connectivity index (χ0v) is 10.8. The van der Waals surface area contributed by atoms with Crippen molar-refractivity contribution in [3.63, 3.8) is 0 Å². The molecule has 2 N–H and O–H groups in total. The first-order chi connectivity index (χ1) is 7.87. The van der Waals surface area contributed by atoms with Gasteiger partial charge in [-0.15, -0.1) is 0 Å². The predicted octanol–water partition coefficient (Wildman–Crippen LogP) is 0.517. The number of sulfonamides is 1. The number of rotatable bonds is 5. The van der Waals surface area contributed by atoms with Crippen molar-refractivity contribution < 1.29 is 12.8 Å². The lowest BCUT2D eigenvalue weighted by molar-refractivity contribution is 0.466. The van der Waals surface area contributed by atoms with Crippen LogP contribution < -0.4 is 5.73 Å². The van der Waals surface area contributed by atoms with Gasteiger partial charge in [0.05, 0.1) is 17.7 Å². The van der Waals surface area contributed by atoms with Crippen molar-refractivity contribution in [2.45, 2.75) is 11.8 Å². The Morgan fingerprint density at radius 1 is 1.59 bits per heavy atom. The molecule has 0 aliphatic rings. The summed E-state index contributed by atoms with van der Waals surface area (Å²) in [6, 6.07) is 0.907. The molecule has 0 spiro atoms. The molecular weight excluding hydrogens is 265 g/mol. The third kappa shape index (κ3) is 3.42. The van der Waals surface area contributed by atoms with E-state index < -0.39 is 15.8 Å². The van der Waals surface area contributed by atoms with Crippen molar-refractivity contribution in [1.82, 2.24) is 9.29 Å². The maximum absolute atomic E-state index is 12.9. The monoisotopic (exact) mass is 277 g/mol. The van der Waals surface area contributed by atoms with Gasteiger partial charge in [-0.1, -0.05) is 19.1 Å². The van der Waals surface area contributed by atoms with Gasteiger partial charge in [0.1, 0.15) is 10.7 Å². The Kier molecular flexibility index (Phi) is 4.49. The van der Waals surface area contributed by atoms with Crippen LogP contribution in [0.25, 0.3) is 0 Å². The van der Waals surface area contributed by atoms with Crippen LogP contribution in [0.2, 0.25) is 0 Å². The molecule has 0 bridgehead atoms. The number of hydrogen-bond acceptors (Lipinski definition) is 4. The van der Waals surface area contributed by atoms with E-state index in [1.54, 1.807) is 6.92 Å². The summed E-state index contributed by atoms with van der Waals surface area (Å²) in [6.07, 6.45) is 2.02. The first-order valence-corrected chi connectivity index (χ1v) is 6.61. The fraction of sp³-hybridized carbons (Fsp3) is 0.333. The quantitative estimate of drug-likeness (QED) is 0.794. The van der Waals surface area contributed by atoms with Crippen LogP contribution >= 0.6 is 12.2 Å². The van der Waals surface area contributed by atoms with E-state index in [0.29, 0.717) is 0 Å². The van der Waals surface area contributed by atoms with Crippen LogP contribution in [0.1, 0.15) is 6.92 Å². The zero-order chi connectivity index (χ0) is 13.1. The van der Waals surface area contributed by atoms with E-state index in [1.807, 2.05) is 0 Å². The molecule has 0 atom stereocenters. The van der Waals surface area contributed by atoms with Gasteiger partial charge in [0.2, 0.25) is 10.0 Å². The van der Waals surface area contributed by atoms with Crippen LogP contribution in [0, 0.1) is 5.82 Å². The maximum Gasteiger partial charge on any atom is 0.245 e. The highest BCUT2D eigenvalue weighted by Crippen LogP contribution is 2.14. The van der Waals surface area contributed by atoms with E-state index in [4.69, 9.17) is 5.73 Å². The van der Waals surface area contributed by atoms with Crippen molar-refractivity contribution >= 4 is 27.2 Å². The summed E-state index contributed by atoms with van der Waals surface area (Å²) < 4.78 is 38.1. The van der Waals surface area contributed by atoms with Crippen LogP contribution in [-0.4, -0.2) is 35.8 Å². The second kappa shape index (κ2) is 5.48. The fourth-order valence-electron chi connectivity index (χ4n) is 1.22. The van der Waals surface area contributed by atoms with Crippen molar-refractivity contribution in [1.29, 1.82) is 0 Å². The van der Waals surface area contributed by atoms with E-state index in [1.165, 1.54) is 0 Å². The molecule has 0 radical (unpaired) electrons. The van der Waals surface area contributed by atoms with Gasteiger partial charge in [0.25, 0.3) is 0 Å². The summed E-state index contributed by atoms with van der Waals surface area (Å²) in [5.74, 6) is -0.711. The first-order valence-electron chi connectivity index (χ1n) is 4.77. The Hall–Kier alpha value is -1.12. The van der Waals surface area contributed by atoms with E-state index in [9.17, 15) is 12.8 Å². The van der Waals surface area contributed by atoms with Crippen LogP contribution in [0.5, 0.6) is 0 Å². The van der Waals surface area contributed by atoms with Gasteiger partial charge in [-0.05, 0) is 6.07 Å². The van der Waals surface area contributed by atoms with E-state index in [2.05, 4.69) is 17.2 Å². The largest absolute Gasteiger partial charge is 0.392 e. The highest BCUT2D eigenvalue weighted by Gasteiger charge is 2.24. The van der Waals surface area contributed by atoms with E-state index in [0.717, 1.165) is 22.8 Å². The SMILES string of the molecule is CCN(CC(N)=S)S(=O)(=O)c1cncc(F)c1. The summed E-state index contributed by atoms with van der Waals surface area (Å²) >= 11 is 4.66. The van der Waals surface area contributed by atoms with Gasteiger partial charge in [0.15, 0.2) is 0 Å². The van der Waals surface area contributed by atoms with Gasteiger partial charge >= 0.3 is 0 Å². The van der Waals surface area contributed by atoms with Crippen LogP contribution in [0.15, 0.2) is 23.4 Å². The third-order valence-electron chi connectivity index (χ3n) is 2.00. The molecule has 1 aromatic heterocycles. The molecule has 0 aromatic carbocycles. The summed E-state index contributed by atoms with van der Waals surface area (Å²) in [5.41, 5.74) is 5.31. The summed E-state index contributed by atoms with van der Waals surface area (Å²) in [4.78, 5) is 3.34. The van der Waals surface area contributed by atoms with Gasteiger partial charge in [0, 0.05) is 12.7 Å². The molecular formula is C9H12FN3O2S2. The predicted molar refractivity (Wildman–Crippen MR) is 65.4 cm³/mol. The molecule has 0 saturated carbocycles. The molecule has 0 saturated heterocycles. The highest BCUT2D eigenvalue weighted by atomic mass is 32.2. The number of halogens is 1. The second-order valence-corrected chi connectivity index (χ2v) is 5.70. The average molecular weight is 277 g/mol. The Bertz CT molecular complexity index is 519. The average Bonchev–Trinajstić information content (AvgIpc) is 2.25. The Labute approximate surface area is 104 Å². The van der Waals surface area contributed by atoms with Crippen LogP contribution in [0.3, 0.4) is 0 Å². The van der Waals surface area contributed by atoms with Crippen molar-refractivity contribution in [2.24, 2.45) is 5.73 Å². The minimum absolute atomic E-state index is 0.0554. The number of aromatic nitrogens is 1. The second-order valence-electron chi connectivity index (χ2n) is 3.24. The Balaban J connectivity index is 3.13. The highest BCUT2D eigenvalue weighted by molar-refractivity contribution is 7.89. The maximum atomic E-state index is 12.9. The lowest BCUT2D eigenvalue weighted by Gasteiger charge is -2.19. The number of likely N-dealkylation sites (N-methyl/N-ethyl adjacent to an activating group) is 1. The minimum Gasteiger partial charge on any atom is -0.392 e. The molecule has 94 valence electrons. The molecule has 0 amide bonds. The fourth-order valence-corrected chi connectivity index (χ4v) is 2.86. The normalized spacial score (nSPS) is 11.7. The molecule has 17 heavy (non-hydrogen) atoms. The number of hydrogen-bond donors (Lipinski definition) is 1. The minimum atomic E-state index is -3.81. The Morgan fingerprint density at radius 2 is 2.24 bits per heavy atom. The van der Waals surface area contributed by atoms with Crippen LogP contribution in [-0.2, 0) is 10.0 Å². The van der Waals surface area contributed by atoms with Crippen molar-refractivity contribution in [3.8, 4) is 0 Å². The molecule has 1 aromatic rings. The first kappa shape index (κ1) is 13.9. The molecule has 0 aliphatic carbocycles. The number of pyridine rings is 1. The standard InChI is InChI=1S/C9H12FN3O2S2/c1-2-13(6-9(11)16)17(14,15)8-3-7(10)4-12-5-8/h3-5H,2,6H2,1H3,(H2,11,16). The number of thiocarbonyl (C=S) groups is 1. The number of nitrogens with zero attached hydrogens (tertiary/aromatic N) is 2. The molecule has 1 heterocycles. The van der Waals surface area contributed by atoms with Crippen molar-refractivity contribution in [3.05, 3.63) is 24.3 Å². The van der Waals surface area contributed by atoms with Gasteiger partial charge < -0.3 is 5.73 Å². The molecule has 0 fully saturated rings. The molecule has 5 nitrogen and oxygen atoms in total. The van der Waals surface area contributed by atoms with Gasteiger partial charge in [-0.2, -0.15) is 4.31 Å². The smallest absolute Gasteiger partial charge is 0.245 e. The third-order valence-corrected chi connectivity index (χ3v) is 4.02. The molecule has 1 rings (SSSR count). The van der Waals surface area contributed by atoms with Gasteiger partial charge in [-0.25, -0.2) is 12.8 Å². The topological polar surface area (TPSA) is 76.3 Å². The van der Waals surface area contributed by atoms with E-state index >= 15 is 0 Å². The van der Waals surface area contributed by atoms with Crippen LogP contribution in [0.4, 0.5) is 4.39 Å². The zero-order valence-electron chi connectivity index (χ0n) is 9.13. The molecule has 0 unspecified atom stereocenters. The lowest BCUT2D eigenvalue weighted by atomic mass is 10.5. The molecule has 8 heteroatoms. The van der Waals surface area contributed by atoms with Crippen molar-refractivity contribution in [2.75, 3.05) is 13.1 Å². The lowest BCUT2D eigenvalue weighted by Crippen LogP contribution is -2.37. The Morgan fingerprint density at radius 3 is 2.71 bits per heavy atom. The summed E-state index contributed by atoms with van der Waals surface area (Å²) in [6.45, 7) is 1.75. The summed E-state index contributed by atoms with van der Waals surface area (Å²) in [7, 11) is -3.81.